The predicted molar refractivity (Wildman–Crippen MR) is 85.0 cm³/mol. The summed E-state index contributed by atoms with van der Waals surface area (Å²) in [4.78, 5) is 10.2. The van der Waals surface area contributed by atoms with E-state index in [-0.39, 0.29) is 23.4 Å². The second-order valence-corrected chi connectivity index (χ2v) is 7.25. The van der Waals surface area contributed by atoms with E-state index in [2.05, 4.69) is 0 Å². The third-order valence-electron chi connectivity index (χ3n) is 3.63. The van der Waals surface area contributed by atoms with E-state index in [1.807, 2.05) is 0 Å². The van der Waals surface area contributed by atoms with E-state index in [1.165, 1.54) is 18.2 Å². The van der Waals surface area contributed by atoms with E-state index < -0.39 is 25.3 Å². The van der Waals surface area contributed by atoms with Crippen molar-refractivity contribution in [3.05, 3.63) is 58.1 Å². The Hall–Kier alpha value is -2.45. The van der Waals surface area contributed by atoms with Gasteiger partial charge in [0.15, 0.2) is 4.90 Å². The topological polar surface area (TPSA) is 99.0 Å². The molecule has 0 N–H and O–H groups in total. The SMILES string of the molecule is Cc1ccccc1S(=O)(=O)c1c(OCC2CO2)cccc1[N+](=O)[O-]. The standard InChI is InChI=1S/C16H15NO6S/c1-11-5-2-3-8-15(11)24(20,21)16-13(17(18)19)6-4-7-14(16)23-10-12-9-22-12/h2-8,12H,9-10H2,1H3. The van der Waals surface area contributed by atoms with E-state index in [4.69, 9.17) is 9.47 Å². The summed E-state index contributed by atoms with van der Waals surface area (Å²) in [5, 5.41) is 11.3. The molecular weight excluding hydrogens is 334 g/mol. The van der Waals surface area contributed by atoms with Crippen LogP contribution in [0, 0.1) is 17.0 Å². The van der Waals surface area contributed by atoms with Gasteiger partial charge in [0.25, 0.3) is 5.69 Å². The van der Waals surface area contributed by atoms with E-state index in [0.717, 1.165) is 6.07 Å². The molecule has 8 heteroatoms. The van der Waals surface area contributed by atoms with E-state index in [1.54, 1.807) is 25.1 Å². The average molecular weight is 349 g/mol. The Morgan fingerprint density at radius 1 is 1.25 bits per heavy atom. The molecule has 1 saturated heterocycles. The predicted octanol–water partition coefficient (Wildman–Crippen LogP) is 2.51. The molecule has 3 rings (SSSR count). The molecule has 24 heavy (non-hydrogen) atoms. The number of nitro groups is 1. The molecule has 0 radical (unpaired) electrons. The van der Waals surface area contributed by atoms with Gasteiger partial charge in [-0.2, -0.15) is 0 Å². The maximum atomic E-state index is 13.0. The Kier molecular flexibility index (Phi) is 4.25. The lowest BCUT2D eigenvalue weighted by molar-refractivity contribution is -0.388. The number of benzene rings is 2. The molecule has 1 heterocycles. The monoisotopic (exact) mass is 349 g/mol. The maximum Gasteiger partial charge on any atom is 0.292 e. The van der Waals surface area contributed by atoms with Crippen LogP contribution in [0.25, 0.3) is 0 Å². The zero-order valence-corrected chi connectivity index (χ0v) is 13.7. The highest BCUT2D eigenvalue weighted by molar-refractivity contribution is 7.91. The van der Waals surface area contributed by atoms with Crippen molar-refractivity contribution in [2.24, 2.45) is 0 Å². The van der Waals surface area contributed by atoms with Gasteiger partial charge in [0.1, 0.15) is 18.5 Å². The van der Waals surface area contributed by atoms with Gasteiger partial charge in [-0.05, 0) is 24.6 Å². The molecule has 0 amide bonds. The number of hydrogen-bond donors (Lipinski definition) is 0. The highest BCUT2D eigenvalue weighted by Gasteiger charge is 2.33. The van der Waals surface area contributed by atoms with Crippen molar-refractivity contribution in [2.75, 3.05) is 13.2 Å². The smallest absolute Gasteiger partial charge is 0.292 e. The Balaban J connectivity index is 2.16. The first-order chi connectivity index (χ1) is 11.4. The van der Waals surface area contributed by atoms with E-state index in [0.29, 0.717) is 12.2 Å². The molecule has 1 aliphatic heterocycles. The van der Waals surface area contributed by atoms with Crippen molar-refractivity contribution < 1.29 is 22.8 Å². The fourth-order valence-corrected chi connectivity index (χ4v) is 4.13. The van der Waals surface area contributed by atoms with Crippen LogP contribution >= 0.6 is 0 Å². The zero-order chi connectivity index (χ0) is 17.3. The summed E-state index contributed by atoms with van der Waals surface area (Å²) in [6.07, 6.45) is -0.0988. The second kappa shape index (κ2) is 6.21. The molecule has 0 aromatic heterocycles. The Labute approximate surface area is 138 Å². The Bertz CT molecular complexity index is 889. The molecule has 1 atom stereocenters. The van der Waals surface area contributed by atoms with Gasteiger partial charge in [-0.25, -0.2) is 8.42 Å². The number of nitrogens with zero attached hydrogens (tertiary/aromatic N) is 1. The normalized spacial score (nSPS) is 16.6. The molecule has 0 saturated carbocycles. The summed E-state index contributed by atoms with van der Waals surface area (Å²) >= 11 is 0. The van der Waals surface area contributed by atoms with Gasteiger partial charge in [0.2, 0.25) is 9.84 Å². The molecule has 0 aliphatic carbocycles. The van der Waals surface area contributed by atoms with Gasteiger partial charge in [-0.15, -0.1) is 0 Å². The summed E-state index contributed by atoms with van der Waals surface area (Å²) in [5.74, 6) is -0.0389. The van der Waals surface area contributed by atoms with Crippen molar-refractivity contribution in [2.45, 2.75) is 22.8 Å². The van der Waals surface area contributed by atoms with E-state index >= 15 is 0 Å². The maximum absolute atomic E-state index is 13.0. The summed E-state index contributed by atoms with van der Waals surface area (Å²) < 4.78 is 36.6. The highest BCUT2D eigenvalue weighted by atomic mass is 32.2. The third kappa shape index (κ3) is 3.10. The number of ether oxygens (including phenoxy) is 2. The van der Waals surface area contributed by atoms with Crippen molar-refractivity contribution in [3.63, 3.8) is 0 Å². The van der Waals surface area contributed by atoms with Gasteiger partial charge in [-0.1, -0.05) is 24.3 Å². The third-order valence-corrected chi connectivity index (χ3v) is 5.62. The quantitative estimate of drug-likeness (QED) is 0.451. The van der Waals surface area contributed by atoms with Crippen LogP contribution in [0.4, 0.5) is 5.69 Å². The summed E-state index contributed by atoms with van der Waals surface area (Å²) in [6, 6.07) is 10.3. The zero-order valence-electron chi connectivity index (χ0n) is 12.8. The first-order valence-corrected chi connectivity index (χ1v) is 8.72. The van der Waals surface area contributed by atoms with E-state index in [9.17, 15) is 18.5 Å². The molecular formula is C16H15NO6S. The lowest BCUT2D eigenvalue weighted by Gasteiger charge is -2.13. The first-order valence-electron chi connectivity index (χ1n) is 7.24. The lowest BCUT2D eigenvalue weighted by atomic mass is 10.2. The Morgan fingerprint density at radius 3 is 2.58 bits per heavy atom. The molecule has 0 bridgehead atoms. The number of sulfone groups is 1. The fraction of sp³-hybridized carbons (Fsp3) is 0.250. The van der Waals surface area contributed by atoms with Gasteiger partial charge < -0.3 is 9.47 Å². The van der Waals surface area contributed by atoms with Crippen molar-refractivity contribution in [1.29, 1.82) is 0 Å². The molecule has 0 spiro atoms. The second-order valence-electron chi connectivity index (χ2n) is 5.40. The van der Waals surface area contributed by atoms with Crippen LogP contribution in [-0.2, 0) is 14.6 Å². The van der Waals surface area contributed by atoms with Gasteiger partial charge >= 0.3 is 0 Å². The number of aryl methyl sites for hydroxylation is 1. The first kappa shape index (κ1) is 16.4. The summed E-state index contributed by atoms with van der Waals surface area (Å²) in [5.41, 5.74) is -0.000374. The fourth-order valence-electron chi connectivity index (χ4n) is 2.35. The van der Waals surface area contributed by atoms with Crippen LogP contribution in [0.5, 0.6) is 5.75 Å². The number of epoxide rings is 1. The number of rotatable bonds is 6. The summed E-state index contributed by atoms with van der Waals surface area (Å²) in [6.45, 7) is 2.33. The van der Waals surface area contributed by atoms with Crippen LogP contribution in [0.3, 0.4) is 0 Å². The highest BCUT2D eigenvalue weighted by Crippen LogP contribution is 2.38. The largest absolute Gasteiger partial charge is 0.489 e. The molecule has 2 aromatic rings. The van der Waals surface area contributed by atoms with Gasteiger partial charge in [0, 0.05) is 6.07 Å². The summed E-state index contributed by atoms with van der Waals surface area (Å²) in [7, 11) is -4.11. The molecule has 1 unspecified atom stereocenters. The van der Waals surface area contributed by atoms with Gasteiger partial charge in [0.05, 0.1) is 16.4 Å². The minimum Gasteiger partial charge on any atom is -0.489 e. The van der Waals surface area contributed by atoms with Crippen LogP contribution < -0.4 is 4.74 Å². The molecule has 7 nitrogen and oxygen atoms in total. The molecule has 126 valence electrons. The van der Waals surface area contributed by atoms with Crippen molar-refractivity contribution in [1.82, 2.24) is 0 Å². The van der Waals surface area contributed by atoms with Crippen LogP contribution in [0.1, 0.15) is 5.56 Å². The molecule has 1 fully saturated rings. The van der Waals surface area contributed by atoms with Crippen molar-refractivity contribution >= 4 is 15.5 Å². The van der Waals surface area contributed by atoms with Gasteiger partial charge in [-0.3, -0.25) is 10.1 Å². The minimum absolute atomic E-state index is 0.0202. The average Bonchev–Trinajstić information content (AvgIpc) is 3.37. The van der Waals surface area contributed by atoms with Crippen molar-refractivity contribution in [3.8, 4) is 5.75 Å². The number of nitro benzene ring substituents is 1. The van der Waals surface area contributed by atoms with Crippen LogP contribution in [-0.4, -0.2) is 32.7 Å². The van der Waals surface area contributed by atoms with Crippen LogP contribution in [0.15, 0.2) is 52.3 Å². The van der Waals surface area contributed by atoms with Crippen LogP contribution in [0.2, 0.25) is 0 Å². The molecule has 1 aliphatic rings. The minimum atomic E-state index is -4.11. The molecule has 2 aromatic carbocycles. The lowest BCUT2D eigenvalue weighted by Crippen LogP contribution is -2.12. The number of hydrogen-bond acceptors (Lipinski definition) is 6. The Morgan fingerprint density at radius 2 is 1.96 bits per heavy atom.